The van der Waals surface area contributed by atoms with E-state index < -0.39 is 19.7 Å². The summed E-state index contributed by atoms with van der Waals surface area (Å²) in [6.45, 7) is 7.45. The van der Waals surface area contributed by atoms with Gasteiger partial charge in [0.05, 0.1) is 19.6 Å². The van der Waals surface area contributed by atoms with Crippen molar-refractivity contribution < 1.29 is 18.3 Å². The van der Waals surface area contributed by atoms with Crippen LogP contribution >= 0.6 is 0 Å². The SMILES string of the molecule is C=CCCCCCCCCc1c([N+](=O)[O-])cccc1S(=O)(=O)c1cccc([N+](=O)[O-])c1CCCCCCCCC=C. The Morgan fingerprint density at radius 3 is 1.27 bits per heavy atom. The Morgan fingerprint density at radius 2 is 0.927 bits per heavy atom. The smallest absolute Gasteiger partial charge is 0.258 e. The van der Waals surface area contributed by atoms with Crippen LogP contribution < -0.4 is 0 Å². The van der Waals surface area contributed by atoms with Crippen LogP contribution in [0.1, 0.15) is 101 Å². The quantitative estimate of drug-likeness (QED) is 0.0588. The number of nitro groups is 2. The van der Waals surface area contributed by atoms with Gasteiger partial charge in [-0.05, 0) is 63.5 Å². The van der Waals surface area contributed by atoms with E-state index in [-0.39, 0.29) is 45.1 Å². The second-order valence-electron chi connectivity index (χ2n) is 10.4. The number of unbranched alkanes of at least 4 members (excludes halogenated alkanes) is 12. The van der Waals surface area contributed by atoms with E-state index in [1.165, 1.54) is 36.4 Å². The summed E-state index contributed by atoms with van der Waals surface area (Å²) in [6, 6.07) is 8.17. The monoisotopic (exact) mass is 584 g/mol. The van der Waals surface area contributed by atoms with E-state index in [0.717, 1.165) is 77.0 Å². The molecule has 2 rings (SSSR count). The molecule has 0 aliphatic carbocycles. The number of hydrogen-bond acceptors (Lipinski definition) is 6. The summed E-state index contributed by atoms with van der Waals surface area (Å²) in [6.07, 6.45) is 17.5. The van der Waals surface area contributed by atoms with E-state index in [2.05, 4.69) is 13.2 Å². The average molecular weight is 585 g/mol. The lowest BCUT2D eigenvalue weighted by molar-refractivity contribution is -0.385. The third-order valence-electron chi connectivity index (χ3n) is 7.36. The van der Waals surface area contributed by atoms with Crippen molar-refractivity contribution in [1.29, 1.82) is 0 Å². The van der Waals surface area contributed by atoms with Gasteiger partial charge in [-0.3, -0.25) is 20.2 Å². The zero-order chi connectivity index (χ0) is 30.1. The van der Waals surface area contributed by atoms with Crippen molar-refractivity contribution in [2.75, 3.05) is 0 Å². The summed E-state index contributed by atoms with van der Waals surface area (Å²) < 4.78 is 28.1. The van der Waals surface area contributed by atoms with Gasteiger partial charge in [-0.15, -0.1) is 13.2 Å². The van der Waals surface area contributed by atoms with Gasteiger partial charge in [-0.25, -0.2) is 8.42 Å². The molecular formula is C32H44N2O6S. The number of rotatable bonds is 22. The summed E-state index contributed by atoms with van der Waals surface area (Å²) in [5.74, 6) is 0. The lowest BCUT2D eigenvalue weighted by Gasteiger charge is -2.14. The molecule has 0 saturated carbocycles. The summed E-state index contributed by atoms with van der Waals surface area (Å²) in [4.78, 5) is 22.4. The summed E-state index contributed by atoms with van der Waals surface area (Å²) in [7, 11) is -4.26. The predicted molar refractivity (Wildman–Crippen MR) is 164 cm³/mol. The number of allylic oxidation sites excluding steroid dienone is 2. The molecule has 0 spiro atoms. The third-order valence-corrected chi connectivity index (χ3v) is 9.28. The molecule has 0 heterocycles. The molecule has 224 valence electrons. The molecule has 0 bridgehead atoms. The fourth-order valence-corrected chi connectivity index (χ4v) is 6.98. The van der Waals surface area contributed by atoms with Crippen LogP contribution in [0.25, 0.3) is 0 Å². The van der Waals surface area contributed by atoms with Gasteiger partial charge in [0, 0.05) is 23.3 Å². The summed E-state index contributed by atoms with van der Waals surface area (Å²) in [5.41, 5.74) is -0.136. The maximum atomic E-state index is 14.0. The van der Waals surface area contributed by atoms with Gasteiger partial charge in [0.15, 0.2) is 0 Å². The maximum absolute atomic E-state index is 14.0. The van der Waals surface area contributed by atoms with Crippen molar-refractivity contribution in [3.63, 3.8) is 0 Å². The molecule has 0 N–H and O–H groups in total. The molecule has 0 saturated heterocycles. The third kappa shape index (κ3) is 10.5. The number of sulfone groups is 1. The van der Waals surface area contributed by atoms with Gasteiger partial charge in [0.25, 0.3) is 11.4 Å². The molecule has 9 heteroatoms. The predicted octanol–water partition coefficient (Wildman–Crippen LogP) is 9.25. The molecule has 2 aromatic carbocycles. The van der Waals surface area contributed by atoms with Gasteiger partial charge >= 0.3 is 0 Å². The standard InChI is InChI=1S/C32H44N2O6S/c1-3-5-7-9-11-13-15-17-21-27-29(33(35)36)23-19-25-31(27)41(39,40)32-26-20-24-30(34(37)38)28(32)22-18-16-14-12-10-8-6-4-2/h3-4,19-20,23-26H,1-2,5-18,21-22H2. The van der Waals surface area contributed by atoms with Crippen LogP contribution in [0.15, 0.2) is 71.5 Å². The van der Waals surface area contributed by atoms with Gasteiger partial charge in [-0.1, -0.05) is 75.7 Å². The second kappa shape index (κ2) is 18.2. The van der Waals surface area contributed by atoms with Crippen molar-refractivity contribution in [3.8, 4) is 0 Å². The van der Waals surface area contributed by atoms with E-state index in [1.54, 1.807) is 0 Å². The molecule has 0 fully saturated rings. The number of nitro benzene ring substituents is 2. The molecule has 2 aromatic rings. The highest BCUT2D eigenvalue weighted by atomic mass is 32.2. The lowest BCUT2D eigenvalue weighted by Crippen LogP contribution is -2.12. The van der Waals surface area contributed by atoms with E-state index in [4.69, 9.17) is 0 Å². The first kappa shape index (κ1) is 33.9. The number of hydrogen-bond donors (Lipinski definition) is 0. The highest BCUT2D eigenvalue weighted by molar-refractivity contribution is 7.91. The van der Waals surface area contributed by atoms with Crippen LogP contribution in [0.2, 0.25) is 0 Å². The highest BCUT2D eigenvalue weighted by Gasteiger charge is 2.31. The Kier molecular flexibility index (Phi) is 15.0. The molecule has 0 radical (unpaired) electrons. The normalized spacial score (nSPS) is 11.3. The molecule has 41 heavy (non-hydrogen) atoms. The van der Waals surface area contributed by atoms with Crippen molar-refractivity contribution in [2.45, 2.75) is 113 Å². The van der Waals surface area contributed by atoms with Crippen molar-refractivity contribution in [1.82, 2.24) is 0 Å². The van der Waals surface area contributed by atoms with Crippen LogP contribution in [-0.2, 0) is 22.7 Å². The minimum atomic E-state index is -4.26. The topological polar surface area (TPSA) is 120 Å². The Hall–Kier alpha value is -3.33. The van der Waals surface area contributed by atoms with E-state index in [0.29, 0.717) is 12.8 Å². The number of nitrogens with zero attached hydrogens (tertiary/aromatic N) is 2. The number of benzene rings is 2. The van der Waals surface area contributed by atoms with Gasteiger partial charge < -0.3 is 0 Å². The molecule has 0 aliphatic heterocycles. The van der Waals surface area contributed by atoms with Gasteiger partial charge in [-0.2, -0.15) is 0 Å². The minimum Gasteiger partial charge on any atom is -0.258 e. The molecule has 0 aliphatic rings. The van der Waals surface area contributed by atoms with Crippen LogP contribution in [0.5, 0.6) is 0 Å². The van der Waals surface area contributed by atoms with Crippen molar-refractivity contribution in [3.05, 3.63) is 93.1 Å². The Bertz CT molecular complexity index is 1180. The van der Waals surface area contributed by atoms with Crippen LogP contribution in [-0.4, -0.2) is 18.3 Å². The highest BCUT2D eigenvalue weighted by Crippen LogP contribution is 2.36. The van der Waals surface area contributed by atoms with Crippen LogP contribution in [0.4, 0.5) is 11.4 Å². The molecule has 0 aromatic heterocycles. The van der Waals surface area contributed by atoms with E-state index in [9.17, 15) is 28.6 Å². The molecule has 0 atom stereocenters. The van der Waals surface area contributed by atoms with E-state index >= 15 is 0 Å². The zero-order valence-corrected chi connectivity index (χ0v) is 24.9. The summed E-state index contributed by atoms with van der Waals surface area (Å²) >= 11 is 0. The van der Waals surface area contributed by atoms with Crippen LogP contribution in [0, 0.1) is 20.2 Å². The minimum absolute atomic E-state index is 0.137. The maximum Gasteiger partial charge on any atom is 0.273 e. The van der Waals surface area contributed by atoms with Crippen molar-refractivity contribution >= 4 is 21.2 Å². The first-order chi connectivity index (χ1) is 19.8. The summed E-state index contributed by atoms with van der Waals surface area (Å²) in [5, 5.41) is 23.8. The fourth-order valence-electron chi connectivity index (χ4n) is 5.17. The fraction of sp³-hybridized carbons (Fsp3) is 0.500. The van der Waals surface area contributed by atoms with Crippen LogP contribution in [0.3, 0.4) is 0 Å². The Morgan fingerprint density at radius 1 is 0.585 bits per heavy atom. The second-order valence-corrected chi connectivity index (χ2v) is 12.3. The molecule has 0 amide bonds. The van der Waals surface area contributed by atoms with Gasteiger partial charge in [0.2, 0.25) is 9.84 Å². The molecular weight excluding hydrogens is 540 g/mol. The van der Waals surface area contributed by atoms with Gasteiger partial charge in [0.1, 0.15) is 0 Å². The largest absolute Gasteiger partial charge is 0.273 e. The first-order valence-electron chi connectivity index (χ1n) is 14.7. The first-order valence-corrected chi connectivity index (χ1v) is 16.2. The average Bonchev–Trinajstić information content (AvgIpc) is 2.95. The Labute approximate surface area is 244 Å². The van der Waals surface area contributed by atoms with E-state index in [1.807, 2.05) is 12.2 Å². The Balaban J connectivity index is 2.29. The molecule has 0 unspecified atom stereocenters. The zero-order valence-electron chi connectivity index (χ0n) is 24.1. The molecule has 8 nitrogen and oxygen atoms in total. The lowest BCUT2D eigenvalue weighted by atomic mass is 10.0. The van der Waals surface area contributed by atoms with Crippen molar-refractivity contribution in [2.24, 2.45) is 0 Å².